The van der Waals surface area contributed by atoms with Gasteiger partial charge in [-0.15, -0.1) is 5.10 Å². The maximum absolute atomic E-state index is 9.08. The van der Waals surface area contributed by atoms with Crippen molar-refractivity contribution in [2.24, 2.45) is 10.2 Å². The van der Waals surface area contributed by atoms with E-state index in [1.165, 1.54) is 47.1 Å². The number of nitriles is 1. The molecule has 0 atom stereocenters. The molecule has 0 unspecified atom stereocenters. The lowest BCUT2D eigenvalue weighted by molar-refractivity contribution is 0.208. The van der Waals surface area contributed by atoms with Gasteiger partial charge in [-0.05, 0) is 104 Å². The van der Waals surface area contributed by atoms with Gasteiger partial charge in [0.05, 0.1) is 18.2 Å². The van der Waals surface area contributed by atoms with Crippen molar-refractivity contribution in [3.05, 3.63) is 76.4 Å². The van der Waals surface area contributed by atoms with Crippen LogP contribution in [-0.2, 0) is 6.54 Å². The summed E-state index contributed by atoms with van der Waals surface area (Å²) in [7, 11) is 0. The van der Waals surface area contributed by atoms with Crippen LogP contribution in [0.25, 0.3) is 5.70 Å². The number of nitrogens with one attached hydrogen (secondary N) is 1. The summed E-state index contributed by atoms with van der Waals surface area (Å²) in [4.78, 5) is 4.83. The Morgan fingerprint density at radius 1 is 1.05 bits per heavy atom. The zero-order valence-electron chi connectivity index (χ0n) is 22.0. The predicted molar refractivity (Wildman–Crippen MR) is 152 cm³/mol. The molecule has 2 aliphatic heterocycles. The Hall–Kier alpha value is -3.43. The Kier molecular flexibility index (Phi) is 7.71. The van der Waals surface area contributed by atoms with E-state index in [1.54, 1.807) is 0 Å². The third kappa shape index (κ3) is 5.94. The SMILES string of the molecule is C=N/N=C(/CN1CCC1)NCc1cc(C(=C)N2CCC(c3ccc(C#N)cc3)CC2)c(C)cc1C1CC1. The monoisotopic (exact) mass is 494 g/mol. The minimum atomic E-state index is 0.539. The average molecular weight is 495 g/mol. The summed E-state index contributed by atoms with van der Waals surface area (Å²) in [5.41, 5.74) is 8.57. The van der Waals surface area contributed by atoms with E-state index in [2.05, 4.69) is 75.9 Å². The highest BCUT2D eigenvalue weighted by atomic mass is 15.3. The standard InChI is InChI=1S/C31H38N6/c1-22-17-30(27-9-10-27)28(20-34-31(35-33-3)21-36-13-4-14-36)18-29(22)23(2)37-15-11-26(12-16-37)25-7-5-24(19-32)6-8-25/h5-8,17-18,26-27H,2-4,9-16,20-21H2,1H3,(H,34,35). The van der Waals surface area contributed by atoms with Gasteiger partial charge in [-0.25, -0.2) is 0 Å². The van der Waals surface area contributed by atoms with E-state index in [0.717, 1.165) is 69.2 Å². The van der Waals surface area contributed by atoms with Crippen LogP contribution in [0.5, 0.6) is 0 Å². The minimum absolute atomic E-state index is 0.539. The number of likely N-dealkylation sites (tertiary alicyclic amines) is 2. The smallest absolute Gasteiger partial charge is 0.139 e. The van der Waals surface area contributed by atoms with E-state index in [-0.39, 0.29) is 0 Å². The lowest BCUT2D eigenvalue weighted by atomic mass is 9.88. The summed E-state index contributed by atoms with van der Waals surface area (Å²) in [6.45, 7) is 16.2. The van der Waals surface area contributed by atoms with Crippen molar-refractivity contribution >= 4 is 18.3 Å². The maximum Gasteiger partial charge on any atom is 0.139 e. The van der Waals surface area contributed by atoms with Crippen LogP contribution in [0.2, 0.25) is 0 Å². The maximum atomic E-state index is 9.08. The lowest BCUT2D eigenvalue weighted by Crippen LogP contribution is -2.44. The molecule has 6 nitrogen and oxygen atoms in total. The molecule has 2 aromatic carbocycles. The second-order valence-corrected chi connectivity index (χ2v) is 10.8. The third-order valence-electron chi connectivity index (χ3n) is 8.20. The van der Waals surface area contributed by atoms with Crippen molar-refractivity contribution in [1.82, 2.24) is 15.1 Å². The second-order valence-electron chi connectivity index (χ2n) is 10.8. The molecular weight excluding hydrogens is 456 g/mol. The number of piperidine rings is 1. The van der Waals surface area contributed by atoms with Crippen LogP contribution >= 0.6 is 0 Å². The largest absolute Gasteiger partial charge is 0.371 e. The van der Waals surface area contributed by atoms with Crippen LogP contribution in [0.3, 0.4) is 0 Å². The Morgan fingerprint density at radius 2 is 1.78 bits per heavy atom. The van der Waals surface area contributed by atoms with Crippen molar-refractivity contribution < 1.29 is 0 Å². The van der Waals surface area contributed by atoms with Gasteiger partial charge in [0.1, 0.15) is 5.84 Å². The Bertz CT molecular complexity index is 1210. The van der Waals surface area contributed by atoms with Gasteiger partial charge in [-0.1, -0.05) is 24.8 Å². The molecule has 192 valence electrons. The molecule has 1 saturated carbocycles. The number of aryl methyl sites for hydroxylation is 1. The Morgan fingerprint density at radius 3 is 2.38 bits per heavy atom. The average Bonchev–Trinajstić information content (AvgIpc) is 3.75. The molecule has 3 aliphatic rings. The highest BCUT2D eigenvalue weighted by Crippen LogP contribution is 2.43. The first-order valence-corrected chi connectivity index (χ1v) is 13.6. The van der Waals surface area contributed by atoms with E-state index in [0.29, 0.717) is 11.8 Å². The summed E-state index contributed by atoms with van der Waals surface area (Å²) in [5.74, 6) is 2.11. The number of amidine groups is 1. The summed E-state index contributed by atoms with van der Waals surface area (Å²) >= 11 is 0. The zero-order chi connectivity index (χ0) is 25.8. The van der Waals surface area contributed by atoms with Crippen molar-refractivity contribution in [2.45, 2.75) is 57.4 Å². The number of benzene rings is 2. The van der Waals surface area contributed by atoms with Gasteiger partial charge >= 0.3 is 0 Å². The molecule has 3 fully saturated rings. The Labute approximate surface area is 221 Å². The molecule has 0 amide bonds. The van der Waals surface area contributed by atoms with Crippen molar-refractivity contribution in [1.29, 1.82) is 5.26 Å². The molecule has 2 heterocycles. The summed E-state index contributed by atoms with van der Waals surface area (Å²) in [5, 5.41) is 20.7. The molecule has 5 rings (SSSR count). The number of hydrogen-bond acceptors (Lipinski definition) is 5. The van der Waals surface area contributed by atoms with Gasteiger partial charge < -0.3 is 10.2 Å². The van der Waals surface area contributed by atoms with Crippen molar-refractivity contribution in [3.63, 3.8) is 0 Å². The molecule has 37 heavy (non-hydrogen) atoms. The van der Waals surface area contributed by atoms with E-state index >= 15 is 0 Å². The molecule has 0 aromatic heterocycles. The van der Waals surface area contributed by atoms with E-state index < -0.39 is 0 Å². The fourth-order valence-corrected chi connectivity index (χ4v) is 5.65. The molecule has 0 spiro atoms. The fourth-order valence-electron chi connectivity index (χ4n) is 5.65. The van der Waals surface area contributed by atoms with Gasteiger partial charge in [0.25, 0.3) is 0 Å². The van der Waals surface area contributed by atoms with Crippen LogP contribution in [-0.4, -0.2) is 55.1 Å². The van der Waals surface area contributed by atoms with Crippen molar-refractivity contribution in [2.75, 3.05) is 32.7 Å². The molecule has 2 aromatic rings. The molecule has 1 aliphatic carbocycles. The molecular formula is C31H38N6. The number of rotatable bonds is 9. The van der Waals surface area contributed by atoms with Gasteiger partial charge in [0, 0.05) is 37.6 Å². The van der Waals surface area contributed by atoms with Crippen LogP contribution in [0.4, 0.5) is 0 Å². The number of nitrogens with zero attached hydrogens (tertiary/aromatic N) is 5. The van der Waals surface area contributed by atoms with Gasteiger partial charge in [0.15, 0.2) is 0 Å². The zero-order valence-corrected chi connectivity index (χ0v) is 22.0. The minimum Gasteiger partial charge on any atom is -0.371 e. The quantitative estimate of drug-likeness (QED) is 0.288. The molecule has 0 bridgehead atoms. The third-order valence-corrected chi connectivity index (χ3v) is 8.20. The topological polar surface area (TPSA) is 67.0 Å². The van der Waals surface area contributed by atoms with Crippen LogP contribution < -0.4 is 5.32 Å². The van der Waals surface area contributed by atoms with Gasteiger partial charge in [0.2, 0.25) is 0 Å². The first-order valence-electron chi connectivity index (χ1n) is 13.6. The summed E-state index contributed by atoms with van der Waals surface area (Å²) in [6, 6.07) is 15.1. The molecule has 2 saturated heterocycles. The van der Waals surface area contributed by atoms with E-state index in [9.17, 15) is 0 Å². The van der Waals surface area contributed by atoms with Crippen LogP contribution in [0.15, 0.2) is 53.2 Å². The van der Waals surface area contributed by atoms with E-state index in [4.69, 9.17) is 5.26 Å². The predicted octanol–water partition coefficient (Wildman–Crippen LogP) is 5.40. The van der Waals surface area contributed by atoms with Crippen LogP contribution in [0, 0.1) is 18.3 Å². The molecule has 1 N–H and O–H groups in total. The molecule has 0 radical (unpaired) electrons. The summed E-state index contributed by atoms with van der Waals surface area (Å²) in [6.07, 6.45) is 6.01. The highest BCUT2D eigenvalue weighted by Gasteiger charge is 2.28. The lowest BCUT2D eigenvalue weighted by Gasteiger charge is -2.36. The first-order chi connectivity index (χ1) is 18.1. The summed E-state index contributed by atoms with van der Waals surface area (Å²) < 4.78 is 0. The fraction of sp³-hybridized carbons (Fsp3) is 0.452. The van der Waals surface area contributed by atoms with Gasteiger partial charge in [-0.3, -0.25) is 4.90 Å². The van der Waals surface area contributed by atoms with Gasteiger partial charge in [-0.2, -0.15) is 10.4 Å². The van der Waals surface area contributed by atoms with Crippen LogP contribution in [0.1, 0.15) is 77.3 Å². The highest BCUT2D eigenvalue weighted by molar-refractivity contribution is 5.84. The van der Waals surface area contributed by atoms with E-state index in [1.807, 2.05) is 12.1 Å². The normalized spacial score (nSPS) is 18.7. The number of hydrogen-bond donors (Lipinski definition) is 1. The Balaban J connectivity index is 1.27. The second kappa shape index (κ2) is 11.3. The van der Waals surface area contributed by atoms with Crippen molar-refractivity contribution in [3.8, 4) is 6.07 Å². The molecule has 6 heteroatoms. The first kappa shape index (κ1) is 25.2.